The van der Waals surface area contributed by atoms with E-state index in [1.807, 2.05) is 19.2 Å². The number of thioether (sulfide) groups is 1. The summed E-state index contributed by atoms with van der Waals surface area (Å²) in [6.07, 6.45) is 3.06. The minimum Gasteiger partial charge on any atom is -0.398 e. The van der Waals surface area contributed by atoms with Crippen molar-refractivity contribution < 1.29 is 0 Å². The Morgan fingerprint density at radius 3 is 2.79 bits per heavy atom. The van der Waals surface area contributed by atoms with E-state index in [1.54, 1.807) is 11.8 Å². The summed E-state index contributed by atoms with van der Waals surface area (Å²) in [7, 11) is 0. The second-order valence-electron chi connectivity index (χ2n) is 3.91. The van der Waals surface area contributed by atoms with Gasteiger partial charge >= 0.3 is 0 Å². The lowest BCUT2D eigenvalue weighted by Gasteiger charge is -2.05. The standard InChI is InChI=1S/C11H18N2S/c1-8(2)4-5-14-11-6-10(12)9(3)7-13-11/h6-8H,4-5H2,1-3H3,(H2,12,13). The third-order valence-corrected chi connectivity index (χ3v) is 3.02. The van der Waals surface area contributed by atoms with Gasteiger partial charge in [0.1, 0.15) is 0 Å². The molecule has 0 saturated heterocycles. The first-order chi connectivity index (χ1) is 6.59. The summed E-state index contributed by atoms with van der Waals surface area (Å²) in [6, 6.07) is 1.96. The molecular weight excluding hydrogens is 192 g/mol. The van der Waals surface area contributed by atoms with Crippen LogP contribution in [0.15, 0.2) is 17.3 Å². The molecule has 0 aliphatic carbocycles. The third-order valence-electron chi connectivity index (χ3n) is 2.06. The fourth-order valence-corrected chi connectivity index (χ4v) is 2.13. The maximum atomic E-state index is 5.80. The average molecular weight is 210 g/mol. The van der Waals surface area contributed by atoms with Crippen LogP contribution in [0.1, 0.15) is 25.8 Å². The highest BCUT2D eigenvalue weighted by atomic mass is 32.2. The van der Waals surface area contributed by atoms with Gasteiger partial charge in [-0.3, -0.25) is 0 Å². The van der Waals surface area contributed by atoms with Gasteiger partial charge in [0.25, 0.3) is 0 Å². The molecule has 1 aromatic rings. The quantitative estimate of drug-likeness (QED) is 0.776. The van der Waals surface area contributed by atoms with E-state index < -0.39 is 0 Å². The van der Waals surface area contributed by atoms with Crippen LogP contribution in [-0.2, 0) is 0 Å². The first-order valence-corrected chi connectivity index (χ1v) is 5.93. The molecule has 0 fully saturated rings. The molecule has 3 heteroatoms. The Morgan fingerprint density at radius 1 is 1.50 bits per heavy atom. The van der Waals surface area contributed by atoms with Gasteiger partial charge in [0.2, 0.25) is 0 Å². The second-order valence-corrected chi connectivity index (χ2v) is 5.03. The number of aryl methyl sites for hydroxylation is 1. The maximum absolute atomic E-state index is 5.80. The van der Waals surface area contributed by atoms with Gasteiger partial charge in [-0.2, -0.15) is 0 Å². The lowest BCUT2D eigenvalue weighted by atomic mass is 10.2. The van der Waals surface area contributed by atoms with Crippen molar-refractivity contribution in [1.82, 2.24) is 4.98 Å². The van der Waals surface area contributed by atoms with Crippen molar-refractivity contribution in [3.05, 3.63) is 17.8 Å². The number of nitrogen functional groups attached to an aromatic ring is 1. The maximum Gasteiger partial charge on any atom is 0.0980 e. The van der Waals surface area contributed by atoms with Gasteiger partial charge in [0.05, 0.1) is 5.03 Å². The Bertz CT molecular complexity index is 297. The van der Waals surface area contributed by atoms with Gasteiger partial charge in [0.15, 0.2) is 0 Å². The van der Waals surface area contributed by atoms with Crippen LogP contribution in [0.4, 0.5) is 5.69 Å². The number of nitrogens with zero attached hydrogens (tertiary/aromatic N) is 1. The molecule has 0 saturated carbocycles. The Hall–Kier alpha value is -0.700. The monoisotopic (exact) mass is 210 g/mol. The highest BCUT2D eigenvalue weighted by Gasteiger charge is 2.00. The highest BCUT2D eigenvalue weighted by molar-refractivity contribution is 7.99. The fraction of sp³-hybridized carbons (Fsp3) is 0.545. The predicted octanol–water partition coefficient (Wildman–Crippen LogP) is 3.11. The molecule has 14 heavy (non-hydrogen) atoms. The van der Waals surface area contributed by atoms with Crippen LogP contribution >= 0.6 is 11.8 Å². The molecular formula is C11H18N2S. The third kappa shape index (κ3) is 3.58. The highest BCUT2D eigenvalue weighted by Crippen LogP contribution is 2.21. The van der Waals surface area contributed by atoms with Crippen LogP contribution in [-0.4, -0.2) is 10.7 Å². The van der Waals surface area contributed by atoms with Gasteiger partial charge in [-0.15, -0.1) is 11.8 Å². The van der Waals surface area contributed by atoms with Gasteiger partial charge in [-0.25, -0.2) is 4.98 Å². The molecule has 0 bridgehead atoms. The van der Waals surface area contributed by atoms with Crippen LogP contribution in [0.2, 0.25) is 0 Å². The summed E-state index contributed by atoms with van der Waals surface area (Å²) < 4.78 is 0. The Kier molecular flexibility index (Phi) is 4.26. The van der Waals surface area contributed by atoms with E-state index >= 15 is 0 Å². The molecule has 0 spiro atoms. The first kappa shape index (κ1) is 11.4. The molecule has 0 unspecified atom stereocenters. The Morgan fingerprint density at radius 2 is 2.21 bits per heavy atom. The van der Waals surface area contributed by atoms with E-state index in [1.165, 1.54) is 6.42 Å². The zero-order valence-electron chi connectivity index (χ0n) is 9.08. The minimum absolute atomic E-state index is 0.755. The summed E-state index contributed by atoms with van der Waals surface area (Å²) >= 11 is 1.78. The van der Waals surface area contributed by atoms with Gasteiger partial charge in [-0.05, 0) is 36.6 Å². The van der Waals surface area contributed by atoms with E-state index in [4.69, 9.17) is 5.73 Å². The lowest BCUT2D eigenvalue weighted by molar-refractivity contribution is 0.632. The molecule has 1 aromatic heterocycles. The fourth-order valence-electron chi connectivity index (χ4n) is 0.997. The summed E-state index contributed by atoms with van der Waals surface area (Å²) in [4.78, 5) is 4.32. The molecule has 0 aliphatic rings. The number of pyridine rings is 1. The van der Waals surface area contributed by atoms with Gasteiger partial charge in [0, 0.05) is 11.9 Å². The molecule has 2 N–H and O–H groups in total. The zero-order chi connectivity index (χ0) is 10.6. The van der Waals surface area contributed by atoms with E-state index in [-0.39, 0.29) is 0 Å². The van der Waals surface area contributed by atoms with Gasteiger partial charge < -0.3 is 5.73 Å². The van der Waals surface area contributed by atoms with Crippen molar-refractivity contribution in [2.45, 2.75) is 32.2 Å². The van der Waals surface area contributed by atoms with Crippen molar-refractivity contribution in [3.8, 4) is 0 Å². The van der Waals surface area contributed by atoms with E-state index in [0.29, 0.717) is 0 Å². The molecule has 2 nitrogen and oxygen atoms in total. The van der Waals surface area contributed by atoms with Crippen molar-refractivity contribution in [1.29, 1.82) is 0 Å². The predicted molar refractivity (Wildman–Crippen MR) is 63.6 cm³/mol. The topological polar surface area (TPSA) is 38.9 Å². The number of anilines is 1. The largest absolute Gasteiger partial charge is 0.398 e. The molecule has 0 amide bonds. The number of aromatic nitrogens is 1. The molecule has 0 aromatic carbocycles. The molecule has 0 radical (unpaired) electrons. The molecule has 1 rings (SSSR count). The lowest BCUT2D eigenvalue weighted by Crippen LogP contribution is -1.94. The minimum atomic E-state index is 0.755. The Balaban J connectivity index is 2.47. The number of hydrogen-bond donors (Lipinski definition) is 1. The van der Waals surface area contributed by atoms with Gasteiger partial charge in [-0.1, -0.05) is 13.8 Å². The average Bonchev–Trinajstić information content (AvgIpc) is 2.10. The van der Waals surface area contributed by atoms with Crippen LogP contribution in [0.3, 0.4) is 0 Å². The summed E-state index contributed by atoms with van der Waals surface area (Å²) in [5.74, 6) is 1.87. The summed E-state index contributed by atoms with van der Waals surface area (Å²) in [6.45, 7) is 6.44. The van der Waals surface area contributed by atoms with Crippen molar-refractivity contribution in [2.24, 2.45) is 5.92 Å². The first-order valence-electron chi connectivity index (χ1n) is 4.94. The number of rotatable bonds is 4. The molecule has 78 valence electrons. The summed E-state index contributed by atoms with van der Waals surface area (Å²) in [5, 5.41) is 1.04. The van der Waals surface area contributed by atoms with E-state index in [0.717, 1.165) is 27.9 Å². The normalized spacial score (nSPS) is 10.9. The molecule has 0 aliphatic heterocycles. The van der Waals surface area contributed by atoms with Crippen LogP contribution < -0.4 is 5.73 Å². The van der Waals surface area contributed by atoms with E-state index in [9.17, 15) is 0 Å². The van der Waals surface area contributed by atoms with Crippen LogP contribution in [0.5, 0.6) is 0 Å². The number of nitrogens with two attached hydrogens (primary N) is 1. The zero-order valence-corrected chi connectivity index (χ0v) is 9.90. The van der Waals surface area contributed by atoms with E-state index in [2.05, 4.69) is 18.8 Å². The SMILES string of the molecule is Cc1cnc(SCCC(C)C)cc1N. The van der Waals surface area contributed by atoms with Crippen molar-refractivity contribution in [2.75, 3.05) is 11.5 Å². The Labute approximate surface area is 90.3 Å². The van der Waals surface area contributed by atoms with Crippen LogP contribution in [0.25, 0.3) is 0 Å². The van der Waals surface area contributed by atoms with Crippen molar-refractivity contribution in [3.63, 3.8) is 0 Å². The van der Waals surface area contributed by atoms with Crippen LogP contribution in [0, 0.1) is 12.8 Å². The van der Waals surface area contributed by atoms with Crippen molar-refractivity contribution >= 4 is 17.4 Å². The molecule has 1 heterocycles. The molecule has 0 atom stereocenters. The smallest absolute Gasteiger partial charge is 0.0980 e. The number of hydrogen-bond acceptors (Lipinski definition) is 3. The second kappa shape index (κ2) is 5.25. The summed E-state index contributed by atoms with van der Waals surface area (Å²) in [5.41, 5.74) is 7.69.